The molecule has 2 rings (SSSR count). The van der Waals surface area contributed by atoms with Gasteiger partial charge in [0.05, 0.1) is 0 Å². The van der Waals surface area contributed by atoms with Crippen LogP contribution in [-0.4, -0.2) is 12.6 Å². The molecule has 0 heterocycles. The van der Waals surface area contributed by atoms with Crippen LogP contribution in [0.5, 0.6) is 0 Å². The Bertz CT molecular complexity index is 378. The lowest BCUT2D eigenvalue weighted by Crippen LogP contribution is -2.36. The van der Waals surface area contributed by atoms with Crippen LogP contribution in [0.4, 0.5) is 5.69 Å². The van der Waals surface area contributed by atoms with Crippen LogP contribution in [0.1, 0.15) is 31.2 Å². The van der Waals surface area contributed by atoms with Gasteiger partial charge in [-0.15, -0.1) is 0 Å². The lowest BCUT2D eigenvalue weighted by molar-refractivity contribution is 0.332. The Balaban J connectivity index is 2.08. The van der Waals surface area contributed by atoms with Crippen LogP contribution in [-0.2, 0) is 0 Å². The first-order valence-corrected chi connectivity index (χ1v) is 7.23. The standard InChI is InChI=1S/C14H21BrN2/c1-10-6-7-14(12(15)8-10)17-13-5-3-2-4-11(13)9-16/h6-8,11,13,17H,2-5,9,16H2,1H3. The molecule has 0 spiro atoms. The molecule has 0 aromatic heterocycles. The minimum absolute atomic E-state index is 0.535. The van der Waals surface area contributed by atoms with E-state index < -0.39 is 0 Å². The van der Waals surface area contributed by atoms with Gasteiger partial charge in [0.1, 0.15) is 0 Å². The molecule has 0 saturated heterocycles. The number of anilines is 1. The largest absolute Gasteiger partial charge is 0.381 e. The van der Waals surface area contributed by atoms with E-state index in [-0.39, 0.29) is 0 Å². The van der Waals surface area contributed by atoms with Crippen molar-refractivity contribution in [2.45, 2.75) is 38.6 Å². The summed E-state index contributed by atoms with van der Waals surface area (Å²) in [5.41, 5.74) is 8.33. The Labute approximate surface area is 112 Å². The van der Waals surface area contributed by atoms with Gasteiger partial charge in [0.25, 0.3) is 0 Å². The summed E-state index contributed by atoms with van der Waals surface area (Å²) in [4.78, 5) is 0. The molecule has 2 nitrogen and oxygen atoms in total. The van der Waals surface area contributed by atoms with Crippen LogP contribution in [0.3, 0.4) is 0 Å². The lowest BCUT2D eigenvalue weighted by atomic mass is 9.84. The van der Waals surface area contributed by atoms with Gasteiger partial charge >= 0.3 is 0 Å². The summed E-state index contributed by atoms with van der Waals surface area (Å²) in [6, 6.07) is 6.99. The molecule has 0 amide bonds. The van der Waals surface area contributed by atoms with Crippen molar-refractivity contribution in [2.24, 2.45) is 11.7 Å². The van der Waals surface area contributed by atoms with Gasteiger partial charge in [-0.2, -0.15) is 0 Å². The van der Waals surface area contributed by atoms with E-state index in [9.17, 15) is 0 Å². The minimum atomic E-state index is 0.535. The highest BCUT2D eigenvalue weighted by molar-refractivity contribution is 9.10. The number of hydrogen-bond donors (Lipinski definition) is 2. The smallest absolute Gasteiger partial charge is 0.0487 e. The number of hydrogen-bond acceptors (Lipinski definition) is 2. The summed E-state index contributed by atoms with van der Waals surface area (Å²) in [5.74, 6) is 0.622. The Morgan fingerprint density at radius 2 is 2.12 bits per heavy atom. The highest BCUT2D eigenvalue weighted by Gasteiger charge is 2.24. The quantitative estimate of drug-likeness (QED) is 0.893. The molecule has 0 bridgehead atoms. The second-order valence-electron chi connectivity index (χ2n) is 5.01. The van der Waals surface area contributed by atoms with E-state index in [4.69, 9.17) is 5.73 Å². The van der Waals surface area contributed by atoms with Gasteiger partial charge in [0.15, 0.2) is 0 Å². The zero-order chi connectivity index (χ0) is 12.3. The molecule has 0 radical (unpaired) electrons. The predicted octanol–water partition coefficient (Wildman–Crippen LogP) is 3.69. The molecular weight excluding hydrogens is 276 g/mol. The van der Waals surface area contributed by atoms with Gasteiger partial charge in [-0.1, -0.05) is 18.9 Å². The van der Waals surface area contributed by atoms with Gasteiger partial charge in [-0.05, 0) is 65.9 Å². The summed E-state index contributed by atoms with van der Waals surface area (Å²) >= 11 is 3.62. The van der Waals surface area contributed by atoms with Gasteiger partial charge < -0.3 is 11.1 Å². The van der Waals surface area contributed by atoms with Gasteiger partial charge in [-0.3, -0.25) is 0 Å². The molecule has 1 aliphatic carbocycles. The zero-order valence-corrected chi connectivity index (χ0v) is 12.0. The van der Waals surface area contributed by atoms with Gasteiger partial charge in [0, 0.05) is 16.2 Å². The van der Waals surface area contributed by atoms with E-state index in [1.807, 2.05) is 0 Å². The molecule has 3 N–H and O–H groups in total. The van der Waals surface area contributed by atoms with Crippen LogP contribution < -0.4 is 11.1 Å². The van der Waals surface area contributed by atoms with E-state index in [0.717, 1.165) is 11.0 Å². The van der Waals surface area contributed by atoms with Crippen molar-refractivity contribution in [1.29, 1.82) is 0 Å². The Kier molecular flexibility index (Phi) is 4.46. The minimum Gasteiger partial charge on any atom is -0.381 e. The fraction of sp³-hybridized carbons (Fsp3) is 0.571. The van der Waals surface area contributed by atoms with Crippen molar-refractivity contribution in [3.8, 4) is 0 Å². The van der Waals surface area contributed by atoms with E-state index >= 15 is 0 Å². The Morgan fingerprint density at radius 1 is 1.35 bits per heavy atom. The van der Waals surface area contributed by atoms with E-state index in [0.29, 0.717) is 12.0 Å². The van der Waals surface area contributed by atoms with Crippen molar-refractivity contribution < 1.29 is 0 Å². The second kappa shape index (κ2) is 5.87. The molecule has 1 aliphatic rings. The number of nitrogens with two attached hydrogens (primary N) is 1. The molecule has 1 fully saturated rings. The third-order valence-corrected chi connectivity index (χ3v) is 4.33. The highest BCUT2D eigenvalue weighted by Crippen LogP contribution is 2.30. The Morgan fingerprint density at radius 3 is 2.82 bits per heavy atom. The highest BCUT2D eigenvalue weighted by atomic mass is 79.9. The third-order valence-electron chi connectivity index (χ3n) is 3.68. The molecule has 1 saturated carbocycles. The van der Waals surface area contributed by atoms with E-state index in [1.54, 1.807) is 0 Å². The molecule has 1 aromatic carbocycles. The van der Waals surface area contributed by atoms with Crippen molar-refractivity contribution in [2.75, 3.05) is 11.9 Å². The van der Waals surface area contributed by atoms with Crippen LogP contribution in [0.2, 0.25) is 0 Å². The average Bonchev–Trinajstić information content (AvgIpc) is 2.33. The molecule has 1 aromatic rings. The normalized spacial score (nSPS) is 24.6. The number of benzene rings is 1. The summed E-state index contributed by atoms with van der Waals surface area (Å²) in [6.07, 6.45) is 5.15. The van der Waals surface area contributed by atoms with Gasteiger partial charge in [-0.25, -0.2) is 0 Å². The summed E-state index contributed by atoms with van der Waals surface area (Å²) in [5, 5.41) is 3.65. The Hall–Kier alpha value is -0.540. The van der Waals surface area contributed by atoms with Crippen molar-refractivity contribution in [1.82, 2.24) is 0 Å². The van der Waals surface area contributed by atoms with E-state index in [1.165, 1.54) is 36.9 Å². The molecule has 2 atom stereocenters. The first-order valence-electron chi connectivity index (χ1n) is 6.43. The molecule has 3 heteroatoms. The number of nitrogens with one attached hydrogen (secondary N) is 1. The lowest BCUT2D eigenvalue weighted by Gasteiger charge is -2.32. The summed E-state index contributed by atoms with van der Waals surface area (Å²) < 4.78 is 1.15. The zero-order valence-electron chi connectivity index (χ0n) is 10.4. The van der Waals surface area contributed by atoms with Crippen LogP contribution in [0.15, 0.2) is 22.7 Å². The maximum Gasteiger partial charge on any atom is 0.0487 e. The molecule has 94 valence electrons. The third kappa shape index (κ3) is 3.23. The van der Waals surface area contributed by atoms with Crippen LogP contribution >= 0.6 is 15.9 Å². The second-order valence-corrected chi connectivity index (χ2v) is 5.87. The monoisotopic (exact) mass is 296 g/mol. The fourth-order valence-electron chi connectivity index (χ4n) is 2.62. The number of aryl methyl sites for hydroxylation is 1. The first-order chi connectivity index (χ1) is 8.20. The van der Waals surface area contributed by atoms with E-state index in [2.05, 4.69) is 46.4 Å². The molecule has 0 aliphatic heterocycles. The van der Waals surface area contributed by atoms with Crippen molar-refractivity contribution in [3.05, 3.63) is 28.2 Å². The topological polar surface area (TPSA) is 38.0 Å². The molecule has 17 heavy (non-hydrogen) atoms. The van der Waals surface area contributed by atoms with Crippen LogP contribution in [0.25, 0.3) is 0 Å². The van der Waals surface area contributed by atoms with Crippen LogP contribution in [0, 0.1) is 12.8 Å². The summed E-state index contributed by atoms with van der Waals surface area (Å²) in [6.45, 7) is 2.90. The van der Waals surface area contributed by atoms with Crippen molar-refractivity contribution in [3.63, 3.8) is 0 Å². The maximum absolute atomic E-state index is 5.86. The SMILES string of the molecule is Cc1ccc(NC2CCCCC2CN)c(Br)c1. The summed E-state index contributed by atoms with van der Waals surface area (Å²) in [7, 11) is 0. The molecule has 2 unspecified atom stereocenters. The number of rotatable bonds is 3. The van der Waals surface area contributed by atoms with Gasteiger partial charge in [0.2, 0.25) is 0 Å². The maximum atomic E-state index is 5.86. The van der Waals surface area contributed by atoms with Crippen molar-refractivity contribution >= 4 is 21.6 Å². The number of halogens is 1. The average molecular weight is 297 g/mol. The predicted molar refractivity (Wildman–Crippen MR) is 77.3 cm³/mol. The molecular formula is C14H21BrN2. The fourth-order valence-corrected chi connectivity index (χ4v) is 3.22. The first kappa shape index (κ1) is 12.9.